The maximum atomic E-state index is 13.0. The fourth-order valence-corrected chi connectivity index (χ4v) is 5.14. The number of nitrogens with one attached hydrogen (secondary N) is 2. The van der Waals surface area contributed by atoms with Crippen LogP contribution in [0.25, 0.3) is 0 Å². The lowest BCUT2D eigenvalue weighted by atomic mass is 9.99. The van der Waals surface area contributed by atoms with Crippen molar-refractivity contribution in [1.29, 1.82) is 0 Å². The van der Waals surface area contributed by atoms with Gasteiger partial charge in [-0.1, -0.05) is 30.3 Å². The highest BCUT2D eigenvalue weighted by Gasteiger charge is 2.31. The Kier molecular flexibility index (Phi) is 24.2. The minimum atomic E-state index is -1.02. The molecule has 17 heteroatoms. The Hall–Kier alpha value is -2.55. The maximum absolute atomic E-state index is 13.0. The fraction of sp³-hybridized carbons (Fsp3) is 0.706. The van der Waals surface area contributed by atoms with Gasteiger partial charge in [0.2, 0.25) is 0 Å². The first-order valence-corrected chi connectivity index (χ1v) is 17.7. The number of benzene rings is 1. The molecule has 10 N–H and O–H groups in total. The van der Waals surface area contributed by atoms with E-state index in [1.54, 1.807) is 5.01 Å². The van der Waals surface area contributed by atoms with E-state index in [0.29, 0.717) is 43.0 Å². The second-order valence-corrected chi connectivity index (χ2v) is 14.5. The first-order valence-electron chi connectivity index (χ1n) is 17.0. The Labute approximate surface area is 308 Å². The van der Waals surface area contributed by atoms with E-state index in [1.807, 2.05) is 90.5 Å². The molecule has 0 bridgehead atoms. The molecule has 1 amide bonds. The van der Waals surface area contributed by atoms with Crippen molar-refractivity contribution in [2.45, 2.75) is 88.7 Å². The Morgan fingerprint density at radius 1 is 1.12 bits per heavy atom. The van der Waals surface area contributed by atoms with Crippen molar-refractivity contribution in [1.82, 2.24) is 20.9 Å². The molecule has 0 radical (unpaired) electrons. The van der Waals surface area contributed by atoms with E-state index in [0.717, 1.165) is 44.2 Å². The number of carboxylic acids is 1. The molecule has 1 saturated heterocycles. The SMILES string of the molecule is CC(C)(C)OSO.CN1NN(CCCC[C@@H](C(=O)NCC(CO)c2ccccc2)[N+](C)(C)C)C=C1CC(N)C(=O)O.CO.OC1COCC(O)C1. The summed E-state index contributed by atoms with van der Waals surface area (Å²) in [5.74, 6) is -1.16. The molecule has 0 aliphatic carbocycles. The zero-order chi connectivity index (χ0) is 39.2. The number of nitrogens with two attached hydrogens (primary N) is 1. The fourth-order valence-electron chi connectivity index (χ4n) is 4.92. The average Bonchev–Trinajstić information content (AvgIpc) is 3.40. The Morgan fingerprint density at radius 3 is 2.14 bits per heavy atom. The molecule has 1 fully saturated rings. The van der Waals surface area contributed by atoms with Gasteiger partial charge < -0.3 is 50.4 Å². The van der Waals surface area contributed by atoms with Gasteiger partial charge in [-0.05, 0) is 39.2 Å². The number of aliphatic hydroxyl groups is 4. The van der Waals surface area contributed by atoms with Crippen LogP contribution >= 0.6 is 12.3 Å². The molecule has 2 aliphatic rings. The van der Waals surface area contributed by atoms with Crippen molar-refractivity contribution < 1.29 is 53.1 Å². The van der Waals surface area contributed by atoms with E-state index in [9.17, 15) is 14.7 Å². The van der Waals surface area contributed by atoms with Gasteiger partial charge in [0.05, 0.1) is 64.5 Å². The molecule has 3 rings (SSSR count). The number of nitrogens with zero attached hydrogens (tertiary/aromatic N) is 3. The number of rotatable bonds is 15. The van der Waals surface area contributed by atoms with Gasteiger partial charge in [0.25, 0.3) is 5.91 Å². The average molecular weight is 750 g/mol. The van der Waals surface area contributed by atoms with Crippen LogP contribution < -0.4 is 16.6 Å². The maximum Gasteiger partial charge on any atom is 0.320 e. The summed E-state index contributed by atoms with van der Waals surface area (Å²) in [6.45, 7) is 7.45. The highest BCUT2D eigenvalue weighted by atomic mass is 32.2. The molecule has 0 saturated carbocycles. The summed E-state index contributed by atoms with van der Waals surface area (Å²) in [6, 6.07) is 8.57. The topological polar surface area (TPSA) is 231 Å². The molecule has 2 aliphatic heterocycles. The van der Waals surface area contributed by atoms with Gasteiger partial charge in [-0.15, -0.1) is 5.53 Å². The number of carbonyl (C=O) groups excluding carboxylic acids is 1. The lowest BCUT2D eigenvalue weighted by Crippen LogP contribution is -2.54. The molecule has 4 unspecified atom stereocenters. The summed E-state index contributed by atoms with van der Waals surface area (Å²) in [6.07, 6.45) is 4.12. The van der Waals surface area contributed by atoms with Gasteiger partial charge in [-0.3, -0.25) is 23.8 Å². The van der Waals surface area contributed by atoms with Crippen LogP contribution in [-0.2, 0) is 18.5 Å². The van der Waals surface area contributed by atoms with Crippen molar-refractivity contribution in [2.24, 2.45) is 5.73 Å². The van der Waals surface area contributed by atoms with Crippen LogP contribution in [0.2, 0.25) is 0 Å². The normalized spacial score (nSPS) is 19.1. The van der Waals surface area contributed by atoms with E-state index in [2.05, 4.69) is 10.9 Å². The number of hydrazine groups is 2. The van der Waals surface area contributed by atoms with Crippen molar-refractivity contribution >= 4 is 24.2 Å². The monoisotopic (exact) mass is 749 g/mol. The molecule has 51 heavy (non-hydrogen) atoms. The van der Waals surface area contributed by atoms with E-state index in [1.165, 1.54) is 0 Å². The number of ether oxygens (including phenoxy) is 1. The molecule has 2 heterocycles. The highest BCUT2D eigenvalue weighted by molar-refractivity contribution is 7.88. The molecular weight excluding hydrogens is 684 g/mol. The third-order valence-electron chi connectivity index (χ3n) is 7.59. The summed E-state index contributed by atoms with van der Waals surface area (Å²) in [5, 5.41) is 50.1. The Balaban J connectivity index is 0.00000120. The molecular formula is C34H65N6O10S+. The summed E-state index contributed by atoms with van der Waals surface area (Å²) in [4.78, 5) is 24.0. The number of hydrogen-bond acceptors (Lipinski definition) is 14. The molecule has 1 aromatic carbocycles. The van der Waals surface area contributed by atoms with Crippen LogP contribution in [0, 0.1) is 0 Å². The zero-order valence-electron chi connectivity index (χ0n) is 31.6. The molecule has 0 spiro atoms. The lowest BCUT2D eigenvalue weighted by molar-refractivity contribution is -0.886. The minimum absolute atomic E-state index is 0.00856. The third-order valence-corrected chi connectivity index (χ3v) is 8.17. The number of carboxylic acid groups (broad SMARTS) is 1. The summed E-state index contributed by atoms with van der Waals surface area (Å²) >= 11 is 0.409. The standard InChI is InChI=1S/C24H40N6O4.C5H10O3.C4H10O2S.CH4O/c1-28-20(14-21(25)24(33)34)16-29(27-28)13-9-8-12-22(30(2,3)4)23(32)26-15-19(17-31)18-10-6-5-7-11-18;6-4-1-5(7)3-8-2-4;1-4(2,3)6-7-5;1-2/h5-7,10-11,16,19,21-22,27,31H,8-9,12-15,17,25H2,1-4H3,(H-,26,32,33,34);4-7H,1-3H2;5H,1-3H3;2H,1H3/p+1/t19?,21?,22-;;;/m0.../s1. The largest absolute Gasteiger partial charge is 0.480 e. The van der Waals surface area contributed by atoms with Crippen LogP contribution in [0.1, 0.15) is 64.4 Å². The van der Waals surface area contributed by atoms with Crippen molar-refractivity contribution in [3.05, 3.63) is 47.8 Å². The number of unbranched alkanes of at least 4 members (excludes halogenated alkanes) is 1. The summed E-state index contributed by atoms with van der Waals surface area (Å²) in [5.41, 5.74) is 10.4. The van der Waals surface area contributed by atoms with Crippen LogP contribution in [0.15, 0.2) is 42.2 Å². The number of carbonyl (C=O) groups is 2. The predicted molar refractivity (Wildman–Crippen MR) is 198 cm³/mol. The number of likely N-dealkylation sites (N-methyl/N-ethyl adjacent to an activating group) is 1. The van der Waals surface area contributed by atoms with E-state index < -0.39 is 24.2 Å². The second-order valence-electron chi connectivity index (χ2n) is 14.1. The van der Waals surface area contributed by atoms with Gasteiger partial charge in [-0.2, -0.15) is 0 Å². The van der Waals surface area contributed by atoms with Crippen molar-refractivity contribution in [3.63, 3.8) is 0 Å². The van der Waals surface area contributed by atoms with Crippen LogP contribution in [0.5, 0.6) is 0 Å². The van der Waals surface area contributed by atoms with Crippen LogP contribution in [0.3, 0.4) is 0 Å². The number of amides is 1. The number of quaternary nitrogens is 1. The zero-order valence-corrected chi connectivity index (χ0v) is 32.4. The molecule has 0 aromatic heterocycles. The van der Waals surface area contributed by atoms with Gasteiger partial charge in [-0.25, -0.2) is 0 Å². The smallest absolute Gasteiger partial charge is 0.320 e. The van der Waals surface area contributed by atoms with E-state index >= 15 is 0 Å². The second kappa shape index (κ2) is 25.4. The minimum Gasteiger partial charge on any atom is -0.480 e. The lowest BCUT2D eigenvalue weighted by Gasteiger charge is -2.33. The highest BCUT2D eigenvalue weighted by Crippen LogP contribution is 2.18. The van der Waals surface area contributed by atoms with Crippen molar-refractivity contribution in [3.8, 4) is 0 Å². The summed E-state index contributed by atoms with van der Waals surface area (Å²) in [7, 11) is 8.88. The molecule has 16 nitrogen and oxygen atoms in total. The van der Waals surface area contributed by atoms with Crippen molar-refractivity contribution in [2.75, 3.05) is 68.2 Å². The third kappa shape index (κ3) is 21.5. The quantitative estimate of drug-likeness (QED) is 0.0695. The van der Waals surface area contributed by atoms with Crippen LogP contribution in [0.4, 0.5) is 0 Å². The molecule has 1 aromatic rings. The Morgan fingerprint density at radius 2 is 1.71 bits per heavy atom. The number of aliphatic carboxylic acids is 1. The summed E-state index contributed by atoms with van der Waals surface area (Å²) < 4.78 is 18.1. The van der Waals surface area contributed by atoms with E-state index in [4.69, 9.17) is 39.6 Å². The first kappa shape index (κ1) is 48.5. The van der Waals surface area contributed by atoms with E-state index in [-0.39, 0.29) is 36.5 Å². The van der Waals surface area contributed by atoms with Gasteiger partial charge in [0.15, 0.2) is 18.4 Å². The molecule has 296 valence electrons. The molecule has 5 atom stereocenters. The van der Waals surface area contributed by atoms with Gasteiger partial charge in [0, 0.05) is 58.6 Å². The first-order chi connectivity index (χ1) is 23.9. The van der Waals surface area contributed by atoms with Gasteiger partial charge >= 0.3 is 5.97 Å². The predicted octanol–water partition coefficient (Wildman–Crippen LogP) is 1.09. The number of aliphatic hydroxyl groups excluding tert-OH is 4. The van der Waals surface area contributed by atoms with Crippen LogP contribution in [-0.4, -0.2) is 155 Å². The Bertz CT molecular complexity index is 1120. The number of hydrogen-bond donors (Lipinski definition) is 9. The van der Waals surface area contributed by atoms with Gasteiger partial charge in [0.1, 0.15) is 6.04 Å².